The third kappa shape index (κ3) is 2.94. The van der Waals surface area contributed by atoms with Gasteiger partial charge in [-0.3, -0.25) is 9.69 Å². The molecule has 0 aliphatic carbocycles. The normalized spacial score (nSPS) is 22.1. The van der Waals surface area contributed by atoms with Gasteiger partial charge in [0, 0.05) is 6.54 Å². The average molecular weight is 251 g/mol. The Hall–Kier alpha value is -1.26. The minimum absolute atomic E-state index is 0.151. The molecule has 2 unspecified atom stereocenters. The third-order valence-corrected chi connectivity index (χ3v) is 3.53. The predicted octanol–water partition coefficient (Wildman–Crippen LogP) is 1.71. The van der Waals surface area contributed by atoms with E-state index in [1.807, 2.05) is 4.90 Å². The number of Topliss-reactive ketones (excluding diaryl/α,β-unsaturated/α-hetero) is 1. The number of halogens is 1. The van der Waals surface area contributed by atoms with Crippen LogP contribution < -0.4 is 0 Å². The van der Waals surface area contributed by atoms with E-state index < -0.39 is 5.82 Å². The smallest absolute Gasteiger partial charge is 0.179 e. The standard InChI is InChI=1S/C14H18FNO2/c1-10(17)11-6-7-16(8-11)9-14(18)12-4-2-3-5-13(12)15/h2-5,10-11,17H,6-9H2,1H3. The van der Waals surface area contributed by atoms with Gasteiger partial charge in [0.05, 0.1) is 18.2 Å². The van der Waals surface area contributed by atoms with Gasteiger partial charge in [-0.05, 0) is 37.9 Å². The van der Waals surface area contributed by atoms with Crippen LogP contribution in [0.15, 0.2) is 24.3 Å². The highest BCUT2D eigenvalue weighted by atomic mass is 19.1. The minimum Gasteiger partial charge on any atom is -0.393 e. The third-order valence-electron chi connectivity index (χ3n) is 3.53. The summed E-state index contributed by atoms with van der Waals surface area (Å²) in [5, 5.41) is 9.49. The minimum atomic E-state index is -0.464. The number of aliphatic hydroxyl groups is 1. The van der Waals surface area contributed by atoms with Crippen molar-refractivity contribution in [2.75, 3.05) is 19.6 Å². The van der Waals surface area contributed by atoms with Gasteiger partial charge in [-0.25, -0.2) is 4.39 Å². The van der Waals surface area contributed by atoms with Crippen molar-refractivity contribution in [3.63, 3.8) is 0 Å². The number of carbonyl (C=O) groups excluding carboxylic acids is 1. The van der Waals surface area contributed by atoms with E-state index in [9.17, 15) is 14.3 Å². The molecule has 1 aliphatic heterocycles. The molecule has 0 bridgehead atoms. The molecule has 18 heavy (non-hydrogen) atoms. The van der Waals surface area contributed by atoms with Crippen LogP contribution in [0, 0.1) is 11.7 Å². The van der Waals surface area contributed by atoms with E-state index in [4.69, 9.17) is 0 Å². The second-order valence-corrected chi connectivity index (χ2v) is 4.93. The number of rotatable bonds is 4. The van der Waals surface area contributed by atoms with E-state index in [0.717, 1.165) is 13.0 Å². The molecule has 1 aliphatic rings. The largest absolute Gasteiger partial charge is 0.393 e. The predicted molar refractivity (Wildman–Crippen MR) is 67.0 cm³/mol. The molecule has 1 aromatic carbocycles. The van der Waals surface area contributed by atoms with Crippen molar-refractivity contribution < 1.29 is 14.3 Å². The molecule has 0 amide bonds. The maximum atomic E-state index is 13.4. The van der Waals surface area contributed by atoms with E-state index in [0.29, 0.717) is 6.54 Å². The molecule has 1 aromatic rings. The molecule has 2 atom stereocenters. The quantitative estimate of drug-likeness (QED) is 0.828. The van der Waals surface area contributed by atoms with Crippen molar-refractivity contribution in [2.24, 2.45) is 5.92 Å². The molecular weight excluding hydrogens is 233 g/mol. The Balaban J connectivity index is 1.95. The molecule has 1 heterocycles. The zero-order chi connectivity index (χ0) is 13.1. The van der Waals surface area contributed by atoms with E-state index in [1.165, 1.54) is 12.1 Å². The summed E-state index contributed by atoms with van der Waals surface area (Å²) < 4.78 is 13.4. The number of hydrogen-bond donors (Lipinski definition) is 1. The summed E-state index contributed by atoms with van der Waals surface area (Å²) in [6, 6.07) is 6.06. The van der Waals surface area contributed by atoms with E-state index in [2.05, 4.69) is 0 Å². The summed E-state index contributed by atoms with van der Waals surface area (Å²) in [4.78, 5) is 13.9. The van der Waals surface area contributed by atoms with Gasteiger partial charge in [-0.1, -0.05) is 12.1 Å². The topological polar surface area (TPSA) is 40.5 Å². The highest BCUT2D eigenvalue weighted by Crippen LogP contribution is 2.20. The number of nitrogens with zero attached hydrogens (tertiary/aromatic N) is 1. The first-order valence-electron chi connectivity index (χ1n) is 6.26. The fourth-order valence-corrected chi connectivity index (χ4v) is 2.38. The van der Waals surface area contributed by atoms with Gasteiger partial charge in [0.15, 0.2) is 5.78 Å². The molecule has 0 radical (unpaired) electrons. The van der Waals surface area contributed by atoms with Gasteiger partial charge in [0.2, 0.25) is 0 Å². The molecular formula is C14H18FNO2. The van der Waals surface area contributed by atoms with Crippen LogP contribution in [-0.4, -0.2) is 41.5 Å². The first-order valence-corrected chi connectivity index (χ1v) is 6.26. The number of ketones is 1. The second-order valence-electron chi connectivity index (χ2n) is 4.93. The summed E-state index contributed by atoms with van der Waals surface area (Å²) in [6.45, 7) is 3.49. The zero-order valence-corrected chi connectivity index (χ0v) is 10.5. The van der Waals surface area contributed by atoms with E-state index >= 15 is 0 Å². The van der Waals surface area contributed by atoms with Crippen molar-refractivity contribution in [3.8, 4) is 0 Å². The summed E-state index contributed by atoms with van der Waals surface area (Å²) in [6.07, 6.45) is 0.543. The maximum Gasteiger partial charge on any atom is 0.179 e. The van der Waals surface area contributed by atoms with Crippen LogP contribution in [0.1, 0.15) is 23.7 Å². The lowest BCUT2D eigenvalue weighted by atomic mass is 10.0. The van der Waals surface area contributed by atoms with Crippen LogP contribution in [0.3, 0.4) is 0 Å². The van der Waals surface area contributed by atoms with Crippen LogP contribution in [-0.2, 0) is 0 Å². The zero-order valence-electron chi connectivity index (χ0n) is 10.5. The Morgan fingerprint density at radius 2 is 2.28 bits per heavy atom. The van der Waals surface area contributed by atoms with Gasteiger partial charge < -0.3 is 5.11 Å². The Labute approximate surface area is 106 Å². The van der Waals surface area contributed by atoms with Crippen LogP contribution in [0.4, 0.5) is 4.39 Å². The van der Waals surface area contributed by atoms with Gasteiger partial charge in [0.25, 0.3) is 0 Å². The Kier molecular flexibility index (Phi) is 4.09. The lowest BCUT2D eigenvalue weighted by Gasteiger charge is -2.16. The van der Waals surface area contributed by atoms with Crippen molar-refractivity contribution >= 4 is 5.78 Å². The molecule has 1 saturated heterocycles. The first kappa shape index (κ1) is 13.2. The van der Waals surface area contributed by atoms with Crippen molar-refractivity contribution in [1.29, 1.82) is 0 Å². The monoisotopic (exact) mass is 251 g/mol. The van der Waals surface area contributed by atoms with Crippen LogP contribution in [0.25, 0.3) is 0 Å². The number of carbonyl (C=O) groups is 1. The fourth-order valence-electron chi connectivity index (χ4n) is 2.38. The van der Waals surface area contributed by atoms with Gasteiger partial charge >= 0.3 is 0 Å². The molecule has 0 saturated carbocycles. The molecule has 2 rings (SSSR count). The number of benzene rings is 1. The Bertz CT molecular complexity index is 434. The van der Waals surface area contributed by atoms with Crippen LogP contribution in [0.5, 0.6) is 0 Å². The summed E-state index contributed by atoms with van der Waals surface area (Å²) >= 11 is 0. The van der Waals surface area contributed by atoms with E-state index in [-0.39, 0.29) is 29.9 Å². The number of likely N-dealkylation sites (tertiary alicyclic amines) is 1. The SMILES string of the molecule is CC(O)C1CCN(CC(=O)c2ccccc2F)C1. The lowest BCUT2D eigenvalue weighted by Crippen LogP contribution is -2.29. The number of aliphatic hydroxyl groups excluding tert-OH is 1. The van der Waals surface area contributed by atoms with Crippen molar-refractivity contribution in [1.82, 2.24) is 4.90 Å². The summed E-state index contributed by atoms with van der Waals surface area (Å²) in [5.41, 5.74) is 0.151. The summed E-state index contributed by atoms with van der Waals surface area (Å²) in [5.74, 6) is -0.438. The van der Waals surface area contributed by atoms with Gasteiger partial charge in [-0.2, -0.15) is 0 Å². The lowest BCUT2D eigenvalue weighted by molar-refractivity contribution is 0.0921. The highest BCUT2D eigenvalue weighted by Gasteiger charge is 2.27. The molecule has 1 N–H and O–H groups in total. The molecule has 0 aromatic heterocycles. The second kappa shape index (κ2) is 5.59. The molecule has 4 heteroatoms. The number of hydrogen-bond acceptors (Lipinski definition) is 3. The molecule has 1 fully saturated rings. The Morgan fingerprint density at radius 3 is 2.89 bits per heavy atom. The van der Waals surface area contributed by atoms with Crippen molar-refractivity contribution in [3.05, 3.63) is 35.6 Å². The highest BCUT2D eigenvalue weighted by molar-refractivity contribution is 5.97. The van der Waals surface area contributed by atoms with Crippen LogP contribution in [0.2, 0.25) is 0 Å². The van der Waals surface area contributed by atoms with Crippen LogP contribution >= 0.6 is 0 Å². The fraction of sp³-hybridized carbons (Fsp3) is 0.500. The molecule has 98 valence electrons. The first-order chi connectivity index (χ1) is 8.58. The van der Waals surface area contributed by atoms with Crippen molar-refractivity contribution in [2.45, 2.75) is 19.4 Å². The Morgan fingerprint density at radius 1 is 1.56 bits per heavy atom. The van der Waals surface area contributed by atoms with Gasteiger partial charge in [-0.15, -0.1) is 0 Å². The average Bonchev–Trinajstić information content (AvgIpc) is 2.78. The molecule has 3 nitrogen and oxygen atoms in total. The molecule has 0 spiro atoms. The van der Waals surface area contributed by atoms with E-state index in [1.54, 1.807) is 19.1 Å². The maximum absolute atomic E-state index is 13.4. The van der Waals surface area contributed by atoms with Gasteiger partial charge in [0.1, 0.15) is 5.82 Å². The summed E-state index contributed by atoms with van der Waals surface area (Å²) in [7, 11) is 0.